The van der Waals surface area contributed by atoms with E-state index in [9.17, 15) is 9.50 Å². The van der Waals surface area contributed by atoms with Crippen molar-refractivity contribution in [3.8, 4) is 0 Å². The summed E-state index contributed by atoms with van der Waals surface area (Å²) in [5, 5.41) is 16.1. The van der Waals surface area contributed by atoms with Crippen LogP contribution in [0.3, 0.4) is 0 Å². The third kappa shape index (κ3) is 7.84. The van der Waals surface area contributed by atoms with Gasteiger partial charge in [0.25, 0.3) is 0 Å². The smallest absolute Gasteiger partial charge is 0.191 e. The van der Waals surface area contributed by atoms with Crippen LogP contribution in [0.4, 0.5) is 4.39 Å². The Morgan fingerprint density at radius 3 is 2.84 bits per heavy atom. The summed E-state index contributed by atoms with van der Waals surface area (Å²) in [6.45, 7) is 7.35. The lowest BCUT2D eigenvalue weighted by atomic mass is 10.1. The number of nitrogens with one attached hydrogen (secondary N) is 2. The second-order valence-corrected chi connectivity index (χ2v) is 6.49. The molecule has 0 atom stereocenters. The molecule has 140 valence electrons. The summed E-state index contributed by atoms with van der Waals surface area (Å²) in [5.74, 6) is 0.622. The van der Waals surface area contributed by atoms with E-state index in [-0.39, 0.29) is 11.9 Å². The molecule has 1 aliphatic heterocycles. The van der Waals surface area contributed by atoms with Crippen LogP contribution < -0.4 is 10.6 Å². The predicted octanol–water partition coefficient (Wildman–Crippen LogP) is 1.77. The quantitative estimate of drug-likeness (QED) is 0.380. The molecule has 0 bridgehead atoms. The van der Waals surface area contributed by atoms with Crippen LogP contribution in [0.25, 0.3) is 0 Å². The fourth-order valence-corrected chi connectivity index (χ4v) is 2.99. The number of aliphatic hydroxyl groups excluding tert-OH is 1. The Bertz CT molecular complexity index is 530. The molecule has 1 fully saturated rings. The maximum atomic E-state index is 13.2. The van der Waals surface area contributed by atoms with Crippen LogP contribution in [-0.2, 0) is 6.42 Å². The number of nitrogens with zero attached hydrogens (tertiary/aromatic N) is 2. The Kier molecular flexibility index (Phi) is 8.69. The highest BCUT2D eigenvalue weighted by Gasteiger charge is 2.15. The summed E-state index contributed by atoms with van der Waals surface area (Å²) in [7, 11) is 0. The molecule has 0 saturated carbocycles. The van der Waals surface area contributed by atoms with Crippen molar-refractivity contribution in [2.45, 2.75) is 38.7 Å². The Labute approximate surface area is 150 Å². The Morgan fingerprint density at radius 2 is 2.12 bits per heavy atom. The maximum absolute atomic E-state index is 13.2. The van der Waals surface area contributed by atoms with Crippen molar-refractivity contribution >= 4 is 5.96 Å². The van der Waals surface area contributed by atoms with Crippen LogP contribution in [0.1, 0.15) is 31.7 Å². The van der Waals surface area contributed by atoms with Gasteiger partial charge in [-0.3, -0.25) is 4.99 Å². The zero-order valence-electron chi connectivity index (χ0n) is 15.2. The Balaban J connectivity index is 1.67. The number of guanidine groups is 1. The number of aliphatic hydroxyl groups is 1. The van der Waals surface area contributed by atoms with Gasteiger partial charge in [-0.2, -0.15) is 0 Å². The van der Waals surface area contributed by atoms with Crippen LogP contribution in [0.15, 0.2) is 29.3 Å². The highest BCUT2D eigenvalue weighted by Crippen LogP contribution is 2.09. The first kappa shape index (κ1) is 19.7. The van der Waals surface area contributed by atoms with Crippen LogP contribution in [0.5, 0.6) is 0 Å². The van der Waals surface area contributed by atoms with Gasteiger partial charge in [0.15, 0.2) is 5.96 Å². The molecule has 1 aliphatic rings. The van der Waals surface area contributed by atoms with E-state index >= 15 is 0 Å². The van der Waals surface area contributed by atoms with Crippen molar-refractivity contribution in [2.24, 2.45) is 4.99 Å². The molecule has 0 amide bonds. The standard InChI is InChI=1S/C19H31FN4O/c1-2-21-19(23-11-7-16-5-3-6-17(20)15-16)22-10-4-12-24-13-8-18(25)9-14-24/h3,5-6,15,18,25H,2,4,7-14H2,1H3,(H2,21,22,23). The third-order valence-corrected chi connectivity index (χ3v) is 4.40. The van der Waals surface area contributed by atoms with E-state index in [4.69, 9.17) is 0 Å². The van der Waals surface area contributed by atoms with E-state index in [1.54, 1.807) is 12.1 Å². The van der Waals surface area contributed by atoms with Gasteiger partial charge in [0.05, 0.1) is 6.10 Å². The second kappa shape index (κ2) is 11.1. The minimum Gasteiger partial charge on any atom is -0.393 e. The molecular formula is C19H31FN4O. The third-order valence-electron chi connectivity index (χ3n) is 4.40. The van der Waals surface area contributed by atoms with Crippen LogP contribution in [0, 0.1) is 5.82 Å². The number of piperidine rings is 1. The molecule has 25 heavy (non-hydrogen) atoms. The lowest BCUT2D eigenvalue weighted by molar-refractivity contribution is 0.0824. The predicted molar refractivity (Wildman–Crippen MR) is 100 cm³/mol. The Hall–Kier alpha value is -1.66. The highest BCUT2D eigenvalue weighted by atomic mass is 19.1. The molecule has 6 heteroatoms. The van der Waals surface area contributed by atoms with Crippen molar-refractivity contribution in [3.05, 3.63) is 35.6 Å². The van der Waals surface area contributed by atoms with E-state index in [0.717, 1.165) is 76.5 Å². The van der Waals surface area contributed by atoms with Gasteiger partial charge in [0.1, 0.15) is 5.82 Å². The fraction of sp³-hybridized carbons (Fsp3) is 0.632. The molecular weight excluding hydrogens is 319 g/mol. The summed E-state index contributed by atoms with van der Waals surface area (Å²) in [4.78, 5) is 7.00. The lowest BCUT2D eigenvalue weighted by Crippen LogP contribution is -2.39. The van der Waals surface area contributed by atoms with E-state index < -0.39 is 0 Å². The van der Waals surface area contributed by atoms with Crippen molar-refractivity contribution in [3.63, 3.8) is 0 Å². The summed E-state index contributed by atoms with van der Waals surface area (Å²) >= 11 is 0. The van der Waals surface area contributed by atoms with E-state index in [1.165, 1.54) is 6.07 Å². The summed E-state index contributed by atoms with van der Waals surface area (Å²) in [5.41, 5.74) is 0.982. The van der Waals surface area contributed by atoms with Gasteiger partial charge in [0.2, 0.25) is 0 Å². The van der Waals surface area contributed by atoms with Crippen molar-refractivity contribution in [2.75, 3.05) is 39.3 Å². The Morgan fingerprint density at radius 1 is 1.32 bits per heavy atom. The SMILES string of the molecule is CCNC(=NCCCN1CCC(O)CC1)NCCc1cccc(F)c1. The average molecular weight is 350 g/mol. The first-order chi connectivity index (χ1) is 12.2. The molecule has 0 aliphatic carbocycles. The van der Waals surface area contributed by atoms with Gasteiger partial charge in [0, 0.05) is 32.7 Å². The van der Waals surface area contributed by atoms with Crippen LogP contribution >= 0.6 is 0 Å². The number of hydrogen-bond acceptors (Lipinski definition) is 3. The molecule has 0 radical (unpaired) electrons. The molecule has 2 rings (SSSR count). The molecule has 1 aromatic rings. The number of halogens is 1. The van der Waals surface area contributed by atoms with Crippen molar-refractivity contribution in [1.29, 1.82) is 0 Å². The summed E-state index contributed by atoms with van der Waals surface area (Å²) < 4.78 is 13.2. The number of aliphatic imine (C=N–C) groups is 1. The molecule has 0 aromatic heterocycles. The zero-order valence-corrected chi connectivity index (χ0v) is 15.2. The van der Waals surface area contributed by atoms with E-state index in [2.05, 4.69) is 20.5 Å². The summed E-state index contributed by atoms with van der Waals surface area (Å²) in [6.07, 6.45) is 3.42. The largest absolute Gasteiger partial charge is 0.393 e. The lowest BCUT2D eigenvalue weighted by Gasteiger charge is -2.29. The fourth-order valence-electron chi connectivity index (χ4n) is 2.99. The van der Waals surface area contributed by atoms with Gasteiger partial charge in [-0.05, 0) is 56.8 Å². The molecule has 1 saturated heterocycles. The maximum Gasteiger partial charge on any atom is 0.191 e. The molecule has 1 aromatic carbocycles. The molecule has 1 heterocycles. The van der Waals surface area contributed by atoms with Crippen molar-refractivity contribution in [1.82, 2.24) is 15.5 Å². The number of hydrogen-bond donors (Lipinski definition) is 3. The van der Waals surface area contributed by atoms with E-state index in [0.29, 0.717) is 0 Å². The van der Waals surface area contributed by atoms with Crippen LogP contribution in [0.2, 0.25) is 0 Å². The van der Waals surface area contributed by atoms with Gasteiger partial charge in [-0.25, -0.2) is 4.39 Å². The van der Waals surface area contributed by atoms with Crippen LogP contribution in [-0.4, -0.2) is 61.3 Å². The number of likely N-dealkylation sites (tertiary alicyclic amines) is 1. The van der Waals surface area contributed by atoms with E-state index in [1.807, 2.05) is 13.0 Å². The zero-order chi connectivity index (χ0) is 17.9. The normalized spacial score (nSPS) is 16.8. The minimum atomic E-state index is -0.191. The first-order valence-corrected chi connectivity index (χ1v) is 9.34. The van der Waals surface area contributed by atoms with Crippen molar-refractivity contribution < 1.29 is 9.50 Å². The number of benzene rings is 1. The minimum absolute atomic E-state index is 0.114. The molecule has 5 nitrogen and oxygen atoms in total. The average Bonchev–Trinajstić information content (AvgIpc) is 2.60. The monoisotopic (exact) mass is 350 g/mol. The first-order valence-electron chi connectivity index (χ1n) is 9.34. The molecule has 3 N–H and O–H groups in total. The highest BCUT2D eigenvalue weighted by molar-refractivity contribution is 5.79. The topological polar surface area (TPSA) is 59.9 Å². The molecule has 0 spiro atoms. The van der Waals surface area contributed by atoms with Gasteiger partial charge in [-0.15, -0.1) is 0 Å². The second-order valence-electron chi connectivity index (χ2n) is 6.49. The van der Waals surface area contributed by atoms with Gasteiger partial charge >= 0.3 is 0 Å². The summed E-state index contributed by atoms with van der Waals surface area (Å²) in [6, 6.07) is 6.71. The van der Waals surface area contributed by atoms with Gasteiger partial charge in [-0.1, -0.05) is 12.1 Å². The number of rotatable bonds is 8. The molecule has 0 unspecified atom stereocenters. The van der Waals surface area contributed by atoms with Gasteiger partial charge < -0.3 is 20.6 Å².